The Morgan fingerprint density at radius 2 is 1.89 bits per heavy atom. The van der Waals surface area contributed by atoms with E-state index in [2.05, 4.69) is 0 Å². The van der Waals surface area contributed by atoms with Gasteiger partial charge in [-0.25, -0.2) is 9.59 Å². The van der Waals surface area contributed by atoms with Gasteiger partial charge in [-0.2, -0.15) is 0 Å². The van der Waals surface area contributed by atoms with Crippen LogP contribution in [0.3, 0.4) is 0 Å². The van der Waals surface area contributed by atoms with Crippen LogP contribution in [0, 0.1) is 0 Å². The summed E-state index contributed by atoms with van der Waals surface area (Å²) >= 11 is 0. The van der Waals surface area contributed by atoms with Crippen molar-refractivity contribution in [2.75, 3.05) is 13.2 Å². The molecule has 3 N–H and O–H groups in total. The van der Waals surface area contributed by atoms with E-state index in [0.717, 1.165) is 0 Å². The first-order valence-corrected chi connectivity index (χ1v) is 5.84. The lowest BCUT2D eigenvalue weighted by atomic mass is 10.1. The second kappa shape index (κ2) is 7.50. The monoisotopic (exact) mass is 268 g/mol. The molecular formula is C13H16O6. The van der Waals surface area contributed by atoms with Crippen LogP contribution >= 0.6 is 0 Å². The molecule has 0 aliphatic carbocycles. The van der Waals surface area contributed by atoms with Crippen molar-refractivity contribution in [3.63, 3.8) is 0 Å². The van der Waals surface area contributed by atoms with Gasteiger partial charge in [0.15, 0.2) is 0 Å². The predicted octanol–water partition coefficient (Wildman–Crippen LogP) is 0.675. The molecule has 1 atom stereocenters. The molecule has 0 heterocycles. The van der Waals surface area contributed by atoms with Crippen LogP contribution in [-0.4, -0.2) is 46.6 Å². The van der Waals surface area contributed by atoms with Gasteiger partial charge in [0.1, 0.15) is 0 Å². The Labute approximate surface area is 110 Å². The molecule has 0 bridgehead atoms. The van der Waals surface area contributed by atoms with Crippen molar-refractivity contribution in [3.05, 3.63) is 35.4 Å². The Bertz CT molecular complexity index is 443. The summed E-state index contributed by atoms with van der Waals surface area (Å²) in [5.74, 6) is -1.76. The highest BCUT2D eigenvalue weighted by Gasteiger charge is 2.11. The van der Waals surface area contributed by atoms with Gasteiger partial charge in [-0.1, -0.05) is 6.07 Å². The van der Waals surface area contributed by atoms with Crippen molar-refractivity contribution in [1.29, 1.82) is 0 Å². The van der Waals surface area contributed by atoms with E-state index >= 15 is 0 Å². The van der Waals surface area contributed by atoms with Crippen LogP contribution in [0.5, 0.6) is 0 Å². The van der Waals surface area contributed by atoms with Crippen LogP contribution in [0.1, 0.15) is 33.6 Å². The first-order chi connectivity index (χ1) is 9.04. The van der Waals surface area contributed by atoms with Gasteiger partial charge >= 0.3 is 11.9 Å². The lowest BCUT2D eigenvalue weighted by molar-refractivity contribution is 0.0408. The van der Waals surface area contributed by atoms with Crippen LogP contribution in [0.4, 0.5) is 0 Å². The molecule has 0 spiro atoms. The average Bonchev–Trinajstić information content (AvgIpc) is 2.39. The zero-order valence-corrected chi connectivity index (χ0v) is 10.3. The van der Waals surface area contributed by atoms with Crippen molar-refractivity contribution in [3.8, 4) is 0 Å². The summed E-state index contributed by atoms with van der Waals surface area (Å²) in [4.78, 5) is 22.4. The van der Waals surface area contributed by atoms with E-state index in [9.17, 15) is 14.7 Å². The van der Waals surface area contributed by atoms with Crippen LogP contribution in [0.15, 0.2) is 24.3 Å². The van der Waals surface area contributed by atoms with Crippen molar-refractivity contribution in [2.45, 2.75) is 18.9 Å². The highest BCUT2D eigenvalue weighted by atomic mass is 16.5. The molecule has 19 heavy (non-hydrogen) atoms. The third-order valence-corrected chi connectivity index (χ3v) is 2.49. The Morgan fingerprint density at radius 1 is 1.21 bits per heavy atom. The fourth-order valence-corrected chi connectivity index (χ4v) is 1.44. The van der Waals surface area contributed by atoms with E-state index in [-0.39, 0.29) is 37.2 Å². The molecule has 0 aromatic heterocycles. The fraction of sp³-hybridized carbons (Fsp3) is 0.385. The van der Waals surface area contributed by atoms with Gasteiger partial charge in [0, 0.05) is 13.0 Å². The van der Waals surface area contributed by atoms with Gasteiger partial charge in [0.25, 0.3) is 0 Å². The first-order valence-electron chi connectivity index (χ1n) is 5.84. The number of ether oxygens (including phenoxy) is 1. The molecule has 104 valence electrons. The summed E-state index contributed by atoms with van der Waals surface area (Å²) in [5, 5.41) is 26.7. The summed E-state index contributed by atoms with van der Waals surface area (Å²) in [6, 6.07) is 5.53. The molecular weight excluding hydrogens is 252 g/mol. The average molecular weight is 268 g/mol. The smallest absolute Gasteiger partial charge is 0.338 e. The minimum Gasteiger partial charge on any atom is -0.478 e. The number of aliphatic hydroxyl groups excluding tert-OH is 2. The first kappa shape index (κ1) is 15.1. The molecule has 1 rings (SSSR count). The number of benzene rings is 1. The molecule has 1 aromatic rings. The molecule has 0 saturated carbocycles. The van der Waals surface area contributed by atoms with E-state index in [0.29, 0.717) is 0 Å². The van der Waals surface area contributed by atoms with Crippen LogP contribution < -0.4 is 0 Å². The van der Waals surface area contributed by atoms with E-state index in [1.807, 2.05) is 0 Å². The number of esters is 1. The quantitative estimate of drug-likeness (QED) is 0.628. The fourth-order valence-electron chi connectivity index (χ4n) is 1.44. The van der Waals surface area contributed by atoms with Crippen molar-refractivity contribution < 1.29 is 29.6 Å². The Balaban J connectivity index is 2.49. The van der Waals surface area contributed by atoms with Gasteiger partial charge in [-0.15, -0.1) is 0 Å². The van der Waals surface area contributed by atoms with Gasteiger partial charge in [-0.3, -0.25) is 0 Å². The number of aromatic carboxylic acids is 1. The minimum absolute atomic E-state index is 0.00904. The Hall–Kier alpha value is -1.92. The number of rotatable bonds is 7. The lowest BCUT2D eigenvalue weighted by Gasteiger charge is -2.09. The zero-order valence-electron chi connectivity index (χ0n) is 10.3. The molecule has 0 aliphatic rings. The highest BCUT2D eigenvalue weighted by Crippen LogP contribution is 2.08. The molecule has 6 nitrogen and oxygen atoms in total. The number of carboxylic acid groups (broad SMARTS) is 1. The van der Waals surface area contributed by atoms with Gasteiger partial charge < -0.3 is 20.1 Å². The van der Waals surface area contributed by atoms with Crippen LogP contribution in [0.2, 0.25) is 0 Å². The second-order valence-electron chi connectivity index (χ2n) is 3.98. The Kier molecular flexibility index (Phi) is 5.98. The summed E-state index contributed by atoms with van der Waals surface area (Å²) in [7, 11) is 0. The maximum Gasteiger partial charge on any atom is 0.338 e. The van der Waals surface area contributed by atoms with E-state index in [1.165, 1.54) is 24.3 Å². The van der Waals surface area contributed by atoms with Crippen LogP contribution in [-0.2, 0) is 4.74 Å². The van der Waals surface area contributed by atoms with Gasteiger partial charge in [0.2, 0.25) is 0 Å². The topological polar surface area (TPSA) is 104 Å². The Morgan fingerprint density at radius 3 is 2.53 bits per heavy atom. The van der Waals surface area contributed by atoms with E-state index in [4.69, 9.17) is 14.9 Å². The normalized spacial score (nSPS) is 11.9. The molecule has 0 amide bonds. The predicted molar refractivity (Wildman–Crippen MR) is 66.0 cm³/mol. The largest absolute Gasteiger partial charge is 0.478 e. The number of carbonyl (C=O) groups is 2. The van der Waals surface area contributed by atoms with E-state index in [1.54, 1.807) is 0 Å². The maximum absolute atomic E-state index is 11.6. The van der Waals surface area contributed by atoms with Crippen molar-refractivity contribution in [1.82, 2.24) is 0 Å². The van der Waals surface area contributed by atoms with Crippen molar-refractivity contribution >= 4 is 11.9 Å². The van der Waals surface area contributed by atoms with Gasteiger partial charge in [0.05, 0.1) is 23.8 Å². The van der Waals surface area contributed by atoms with E-state index < -0.39 is 18.0 Å². The zero-order chi connectivity index (χ0) is 14.3. The molecule has 1 aromatic carbocycles. The number of hydrogen-bond acceptors (Lipinski definition) is 5. The molecule has 0 saturated heterocycles. The highest BCUT2D eigenvalue weighted by molar-refractivity contribution is 5.94. The van der Waals surface area contributed by atoms with Crippen LogP contribution in [0.25, 0.3) is 0 Å². The number of carboxylic acids is 1. The third kappa shape index (κ3) is 5.07. The number of carbonyl (C=O) groups excluding carboxylic acids is 1. The maximum atomic E-state index is 11.6. The molecule has 0 aliphatic heterocycles. The summed E-state index contributed by atoms with van der Waals surface area (Å²) in [6.07, 6.45) is -0.264. The summed E-state index contributed by atoms with van der Waals surface area (Å²) in [6.45, 7) is -0.118. The number of hydrogen-bond donors (Lipinski definition) is 3. The molecule has 6 heteroatoms. The number of aliphatic hydroxyl groups is 2. The molecule has 0 fully saturated rings. The lowest BCUT2D eigenvalue weighted by Crippen LogP contribution is -2.15. The van der Waals surface area contributed by atoms with Gasteiger partial charge in [-0.05, 0) is 24.6 Å². The standard InChI is InChI=1S/C13H16O6/c14-6-4-11(15)5-7-19-13(18)10-3-1-2-9(8-10)12(16)17/h1-3,8,11,14-15H,4-7H2,(H,16,17). The second-order valence-corrected chi connectivity index (χ2v) is 3.98. The minimum atomic E-state index is -1.12. The molecule has 0 radical (unpaired) electrons. The molecule has 1 unspecified atom stereocenters. The summed E-state index contributed by atoms with van der Waals surface area (Å²) in [5.41, 5.74) is 0.159. The summed E-state index contributed by atoms with van der Waals surface area (Å²) < 4.78 is 4.91. The van der Waals surface area contributed by atoms with Crippen molar-refractivity contribution in [2.24, 2.45) is 0 Å². The third-order valence-electron chi connectivity index (χ3n) is 2.49. The SMILES string of the molecule is O=C(O)c1cccc(C(=O)OCCC(O)CCO)c1.